The number of carboxylic acid groups (broad SMARTS) is 1. The van der Waals surface area contributed by atoms with E-state index < -0.39 is 5.97 Å². The third-order valence-electron chi connectivity index (χ3n) is 1.81. The number of allylic oxidation sites excluding steroid dienone is 1. The van der Waals surface area contributed by atoms with Crippen LogP contribution in [0.2, 0.25) is 0 Å². The zero-order chi connectivity index (χ0) is 11.2. The average molecular weight is 200 g/mol. The van der Waals surface area contributed by atoms with Gasteiger partial charge in [-0.2, -0.15) is 0 Å². The molecule has 0 aromatic carbocycles. The summed E-state index contributed by atoms with van der Waals surface area (Å²) in [5.74, 6) is -0.745. The molecule has 0 saturated heterocycles. The van der Waals surface area contributed by atoms with Crippen LogP contribution in [0.4, 0.5) is 0 Å². The van der Waals surface area contributed by atoms with E-state index in [0.717, 1.165) is 0 Å². The molecule has 0 spiro atoms. The third kappa shape index (κ3) is 22.5. The SMILES string of the molecule is C=CCCCCCCC.CCC(=O)O. The third-order valence-corrected chi connectivity index (χ3v) is 1.81. The topological polar surface area (TPSA) is 37.3 Å². The second kappa shape index (κ2) is 14.7. The Morgan fingerprint density at radius 2 is 1.71 bits per heavy atom. The number of aliphatic carboxylic acids is 1. The highest BCUT2D eigenvalue weighted by molar-refractivity contribution is 5.66. The molecule has 2 heteroatoms. The van der Waals surface area contributed by atoms with Gasteiger partial charge in [-0.1, -0.05) is 45.6 Å². The molecule has 0 bridgehead atoms. The minimum atomic E-state index is -0.745. The lowest BCUT2D eigenvalue weighted by Gasteiger charge is -1.94. The average Bonchev–Trinajstić information content (AvgIpc) is 2.19. The fraction of sp³-hybridized carbons (Fsp3) is 0.750. The molecule has 0 heterocycles. The molecule has 0 aliphatic rings. The molecule has 84 valence electrons. The maximum atomic E-state index is 9.37. The summed E-state index contributed by atoms with van der Waals surface area (Å²) in [7, 11) is 0. The van der Waals surface area contributed by atoms with Crippen molar-refractivity contribution in [1.82, 2.24) is 0 Å². The van der Waals surface area contributed by atoms with Crippen LogP contribution in [0, 0.1) is 0 Å². The van der Waals surface area contributed by atoms with Gasteiger partial charge in [0.05, 0.1) is 0 Å². The van der Waals surface area contributed by atoms with Crippen molar-refractivity contribution in [1.29, 1.82) is 0 Å². The molecule has 0 rings (SSSR count). The molecule has 14 heavy (non-hydrogen) atoms. The van der Waals surface area contributed by atoms with Crippen LogP contribution in [0.25, 0.3) is 0 Å². The van der Waals surface area contributed by atoms with E-state index in [1.165, 1.54) is 38.5 Å². The number of rotatable bonds is 7. The summed E-state index contributed by atoms with van der Waals surface area (Å²) in [6.07, 6.45) is 10.3. The Morgan fingerprint density at radius 3 is 2.07 bits per heavy atom. The van der Waals surface area contributed by atoms with E-state index in [4.69, 9.17) is 5.11 Å². The smallest absolute Gasteiger partial charge is 0.303 e. The molecule has 0 aromatic heterocycles. The molecule has 0 aliphatic heterocycles. The number of hydrogen-bond acceptors (Lipinski definition) is 1. The fourth-order valence-electron chi connectivity index (χ4n) is 0.892. The van der Waals surface area contributed by atoms with Crippen LogP contribution in [0.3, 0.4) is 0 Å². The van der Waals surface area contributed by atoms with Crippen molar-refractivity contribution in [3.05, 3.63) is 12.7 Å². The molecule has 0 aromatic rings. The summed E-state index contributed by atoms with van der Waals surface area (Å²) in [4.78, 5) is 9.37. The molecule has 0 atom stereocenters. The summed E-state index contributed by atoms with van der Waals surface area (Å²) in [6, 6.07) is 0. The molecule has 0 radical (unpaired) electrons. The van der Waals surface area contributed by atoms with Gasteiger partial charge >= 0.3 is 5.97 Å². The predicted octanol–water partition coefficient (Wildman–Crippen LogP) is 4.01. The van der Waals surface area contributed by atoms with Crippen molar-refractivity contribution < 1.29 is 9.90 Å². The van der Waals surface area contributed by atoms with Crippen molar-refractivity contribution in [3.63, 3.8) is 0 Å². The first-order valence-corrected chi connectivity index (χ1v) is 5.51. The second-order valence-corrected chi connectivity index (χ2v) is 3.24. The zero-order valence-corrected chi connectivity index (χ0v) is 9.59. The van der Waals surface area contributed by atoms with Gasteiger partial charge in [-0.15, -0.1) is 6.58 Å². The summed E-state index contributed by atoms with van der Waals surface area (Å²) in [6.45, 7) is 7.52. The van der Waals surface area contributed by atoms with E-state index in [2.05, 4.69) is 13.5 Å². The van der Waals surface area contributed by atoms with Gasteiger partial charge in [-0.3, -0.25) is 4.79 Å². The largest absolute Gasteiger partial charge is 0.481 e. The molecule has 0 aliphatic carbocycles. The molecule has 0 fully saturated rings. The van der Waals surface area contributed by atoms with Crippen molar-refractivity contribution in [2.75, 3.05) is 0 Å². The van der Waals surface area contributed by atoms with E-state index >= 15 is 0 Å². The predicted molar refractivity (Wildman–Crippen MR) is 61.5 cm³/mol. The number of unbranched alkanes of at least 4 members (excludes halogenated alkanes) is 5. The molecule has 1 N–H and O–H groups in total. The summed E-state index contributed by atoms with van der Waals surface area (Å²) < 4.78 is 0. The Hall–Kier alpha value is -0.790. The maximum Gasteiger partial charge on any atom is 0.303 e. The first-order valence-electron chi connectivity index (χ1n) is 5.51. The highest BCUT2D eigenvalue weighted by atomic mass is 16.4. The van der Waals surface area contributed by atoms with Crippen LogP contribution in [-0.2, 0) is 4.79 Å². The monoisotopic (exact) mass is 200 g/mol. The van der Waals surface area contributed by atoms with Gasteiger partial charge in [0.25, 0.3) is 0 Å². The highest BCUT2D eigenvalue weighted by Crippen LogP contribution is 2.04. The lowest BCUT2D eigenvalue weighted by molar-refractivity contribution is -0.136. The van der Waals surface area contributed by atoms with E-state index in [-0.39, 0.29) is 6.42 Å². The van der Waals surface area contributed by atoms with Gasteiger partial charge in [-0.25, -0.2) is 0 Å². The molecule has 2 nitrogen and oxygen atoms in total. The lowest BCUT2D eigenvalue weighted by Crippen LogP contribution is -1.86. The van der Waals surface area contributed by atoms with E-state index in [0.29, 0.717) is 0 Å². The van der Waals surface area contributed by atoms with Crippen molar-refractivity contribution in [2.24, 2.45) is 0 Å². The summed E-state index contributed by atoms with van der Waals surface area (Å²) >= 11 is 0. The Labute approximate surface area is 88.0 Å². The molecular formula is C12H24O2. The lowest BCUT2D eigenvalue weighted by atomic mass is 10.1. The van der Waals surface area contributed by atoms with Crippen molar-refractivity contribution in [3.8, 4) is 0 Å². The number of carbonyl (C=O) groups is 1. The fourth-order valence-corrected chi connectivity index (χ4v) is 0.892. The summed E-state index contributed by atoms with van der Waals surface area (Å²) in [5.41, 5.74) is 0. The minimum absolute atomic E-state index is 0.222. The minimum Gasteiger partial charge on any atom is -0.481 e. The van der Waals surface area contributed by atoms with E-state index in [1.54, 1.807) is 6.92 Å². The molecule has 0 unspecified atom stereocenters. The van der Waals surface area contributed by atoms with Crippen molar-refractivity contribution in [2.45, 2.75) is 58.8 Å². The first kappa shape index (κ1) is 15.7. The van der Waals surface area contributed by atoms with Crippen LogP contribution in [0.5, 0.6) is 0 Å². The Balaban J connectivity index is 0. The van der Waals surface area contributed by atoms with Crippen LogP contribution < -0.4 is 0 Å². The molecular weight excluding hydrogens is 176 g/mol. The Kier molecular flexibility index (Phi) is 16.5. The normalized spacial score (nSPS) is 8.71. The van der Waals surface area contributed by atoms with E-state index in [9.17, 15) is 4.79 Å². The Morgan fingerprint density at radius 1 is 1.21 bits per heavy atom. The van der Waals surface area contributed by atoms with Gasteiger partial charge in [0, 0.05) is 6.42 Å². The summed E-state index contributed by atoms with van der Waals surface area (Å²) in [5, 5.41) is 7.72. The molecule has 0 amide bonds. The van der Waals surface area contributed by atoms with Crippen LogP contribution in [0.15, 0.2) is 12.7 Å². The quantitative estimate of drug-likeness (QED) is 0.498. The van der Waals surface area contributed by atoms with Gasteiger partial charge in [-0.05, 0) is 12.8 Å². The highest BCUT2D eigenvalue weighted by Gasteiger charge is 1.84. The Bertz CT molecular complexity index is 130. The van der Waals surface area contributed by atoms with Crippen LogP contribution >= 0.6 is 0 Å². The second-order valence-electron chi connectivity index (χ2n) is 3.24. The van der Waals surface area contributed by atoms with E-state index in [1.807, 2.05) is 6.08 Å². The first-order chi connectivity index (χ1) is 6.68. The van der Waals surface area contributed by atoms with Gasteiger partial charge in [0.15, 0.2) is 0 Å². The number of carboxylic acids is 1. The maximum absolute atomic E-state index is 9.37. The standard InChI is InChI=1S/C9H18.C3H6O2/c1-3-5-7-9-8-6-4-2;1-2-3(4)5/h3H,1,4-9H2,2H3;2H2,1H3,(H,4,5). The zero-order valence-electron chi connectivity index (χ0n) is 9.59. The van der Waals surface area contributed by atoms with Gasteiger partial charge in [0.1, 0.15) is 0 Å². The van der Waals surface area contributed by atoms with Crippen molar-refractivity contribution >= 4 is 5.97 Å². The number of hydrogen-bond donors (Lipinski definition) is 1. The van der Waals surface area contributed by atoms with Gasteiger partial charge < -0.3 is 5.11 Å². The van der Waals surface area contributed by atoms with Crippen LogP contribution in [-0.4, -0.2) is 11.1 Å². The molecule has 0 saturated carbocycles. The van der Waals surface area contributed by atoms with Gasteiger partial charge in [0.2, 0.25) is 0 Å². The van der Waals surface area contributed by atoms with Crippen LogP contribution in [0.1, 0.15) is 58.8 Å².